The number of ether oxygens (including phenoxy) is 1. The number of nitrogens with two attached hydrogens (primary N) is 2. The second-order valence-electron chi connectivity index (χ2n) is 6.90. The average Bonchev–Trinajstić information content (AvgIpc) is 2.78. The molecule has 1 aliphatic rings. The molecule has 4 N–H and O–H groups in total. The highest BCUT2D eigenvalue weighted by molar-refractivity contribution is 8.12. The molecule has 0 saturated carbocycles. The SMILES string of the molecule is NSC(N)=NS(=O)(=O)c1ccc2c(N3CCOC(c4ccccc4)C3)cccc2c1. The number of rotatable bonds is 4. The van der Waals surface area contributed by atoms with E-state index in [9.17, 15) is 8.42 Å². The first-order chi connectivity index (χ1) is 14.5. The Hall–Kier alpha value is -2.59. The van der Waals surface area contributed by atoms with E-state index in [1.54, 1.807) is 12.1 Å². The molecule has 7 nitrogen and oxygen atoms in total. The Morgan fingerprint density at radius 1 is 1.10 bits per heavy atom. The largest absolute Gasteiger partial charge is 0.377 e. The number of sulfonamides is 1. The highest BCUT2D eigenvalue weighted by Gasteiger charge is 2.23. The van der Waals surface area contributed by atoms with Crippen molar-refractivity contribution in [1.29, 1.82) is 0 Å². The van der Waals surface area contributed by atoms with Gasteiger partial charge in [-0.05, 0) is 41.1 Å². The summed E-state index contributed by atoms with van der Waals surface area (Å²) in [6.45, 7) is 2.10. The molecular weight excluding hydrogens is 420 g/mol. The summed E-state index contributed by atoms with van der Waals surface area (Å²) < 4.78 is 34.5. The molecule has 4 rings (SSSR count). The van der Waals surface area contributed by atoms with Crippen LogP contribution in [0.3, 0.4) is 0 Å². The Morgan fingerprint density at radius 2 is 1.90 bits per heavy atom. The normalized spacial score (nSPS) is 18.0. The third-order valence-electron chi connectivity index (χ3n) is 5.04. The molecule has 0 bridgehead atoms. The summed E-state index contributed by atoms with van der Waals surface area (Å²) in [6, 6.07) is 21.0. The van der Waals surface area contributed by atoms with Crippen LogP contribution in [0.25, 0.3) is 10.8 Å². The first kappa shape index (κ1) is 20.7. The summed E-state index contributed by atoms with van der Waals surface area (Å²) in [5, 5.41) is 6.86. The minimum absolute atomic E-state index is 0.0130. The van der Waals surface area contributed by atoms with Crippen molar-refractivity contribution in [2.45, 2.75) is 11.0 Å². The summed E-state index contributed by atoms with van der Waals surface area (Å²) in [5.74, 6) is 0. The fourth-order valence-electron chi connectivity index (χ4n) is 3.61. The Morgan fingerprint density at radius 3 is 2.67 bits per heavy atom. The predicted molar refractivity (Wildman–Crippen MR) is 122 cm³/mol. The summed E-state index contributed by atoms with van der Waals surface area (Å²) in [7, 11) is -3.92. The van der Waals surface area contributed by atoms with Gasteiger partial charge in [0.2, 0.25) is 0 Å². The van der Waals surface area contributed by atoms with Crippen LogP contribution >= 0.6 is 11.9 Å². The zero-order valence-corrected chi connectivity index (χ0v) is 17.8. The summed E-state index contributed by atoms with van der Waals surface area (Å²) >= 11 is 0.600. The number of hydrogen-bond acceptors (Lipinski definition) is 6. The van der Waals surface area contributed by atoms with E-state index < -0.39 is 10.0 Å². The van der Waals surface area contributed by atoms with Gasteiger partial charge in [0.05, 0.1) is 11.5 Å². The number of benzene rings is 3. The van der Waals surface area contributed by atoms with E-state index in [4.69, 9.17) is 15.6 Å². The fourth-order valence-corrected chi connectivity index (χ4v) is 4.94. The molecule has 1 unspecified atom stereocenters. The number of nitrogens with zero attached hydrogens (tertiary/aromatic N) is 2. The number of morpholine rings is 1. The molecule has 3 aromatic rings. The Balaban J connectivity index is 1.67. The molecule has 3 aromatic carbocycles. The molecule has 0 radical (unpaired) electrons. The van der Waals surface area contributed by atoms with Crippen LogP contribution in [-0.2, 0) is 14.8 Å². The maximum absolute atomic E-state index is 12.5. The molecule has 1 fully saturated rings. The lowest BCUT2D eigenvalue weighted by Gasteiger charge is -2.35. The van der Waals surface area contributed by atoms with E-state index >= 15 is 0 Å². The van der Waals surface area contributed by atoms with E-state index in [-0.39, 0.29) is 16.2 Å². The van der Waals surface area contributed by atoms with E-state index in [0.29, 0.717) is 18.6 Å². The van der Waals surface area contributed by atoms with Gasteiger partial charge in [0.1, 0.15) is 6.10 Å². The van der Waals surface area contributed by atoms with Gasteiger partial charge in [-0.3, -0.25) is 5.14 Å². The van der Waals surface area contributed by atoms with Gasteiger partial charge in [-0.25, -0.2) is 0 Å². The van der Waals surface area contributed by atoms with Crippen LogP contribution < -0.4 is 15.8 Å². The fraction of sp³-hybridized carbons (Fsp3) is 0.190. The molecular formula is C21H22N4O3S2. The van der Waals surface area contributed by atoms with E-state index in [1.165, 1.54) is 0 Å². The molecule has 0 aromatic heterocycles. The van der Waals surface area contributed by atoms with Gasteiger partial charge < -0.3 is 15.4 Å². The van der Waals surface area contributed by atoms with Crippen molar-refractivity contribution >= 4 is 43.6 Å². The lowest BCUT2D eigenvalue weighted by Crippen LogP contribution is -2.38. The van der Waals surface area contributed by atoms with Crippen LogP contribution in [0, 0.1) is 0 Å². The summed E-state index contributed by atoms with van der Waals surface area (Å²) in [4.78, 5) is 2.35. The van der Waals surface area contributed by atoms with Gasteiger partial charge in [-0.15, -0.1) is 4.40 Å². The van der Waals surface area contributed by atoms with E-state index in [1.807, 2.05) is 42.5 Å². The number of fused-ring (bicyclic) bond motifs is 1. The lowest BCUT2D eigenvalue weighted by atomic mass is 10.0. The molecule has 0 amide bonds. The maximum Gasteiger partial charge on any atom is 0.284 e. The lowest BCUT2D eigenvalue weighted by molar-refractivity contribution is 0.0399. The van der Waals surface area contributed by atoms with Crippen molar-refractivity contribution in [1.82, 2.24) is 0 Å². The zero-order chi connectivity index (χ0) is 21.1. The third kappa shape index (κ3) is 4.29. The minimum atomic E-state index is -3.92. The monoisotopic (exact) mass is 442 g/mol. The Bertz CT molecular complexity index is 1180. The van der Waals surface area contributed by atoms with Crippen molar-refractivity contribution in [3.05, 3.63) is 72.3 Å². The van der Waals surface area contributed by atoms with Gasteiger partial charge >= 0.3 is 0 Å². The van der Waals surface area contributed by atoms with Gasteiger partial charge in [0, 0.05) is 24.2 Å². The highest BCUT2D eigenvalue weighted by Crippen LogP contribution is 2.32. The van der Waals surface area contributed by atoms with Crippen LogP contribution in [0.4, 0.5) is 5.69 Å². The zero-order valence-electron chi connectivity index (χ0n) is 16.1. The molecule has 30 heavy (non-hydrogen) atoms. The molecule has 0 aliphatic carbocycles. The second-order valence-corrected chi connectivity index (χ2v) is 9.16. The Labute approximate surface area is 179 Å². The van der Waals surface area contributed by atoms with E-state index in [0.717, 1.165) is 35.1 Å². The van der Waals surface area contributed by atoms with Gasteiger partial charge in [-0.2, -0.15) is 8.42 Å². The van der Waals surface area contributed by atoms with Crippen molar-refractivity contribution in [2.75, 3.05) is 24.6 Å². The highest BCUT2D eigenvalue weighted by atomic mass is 32.2. The Kier molecular flexibility index (Phi) is 5.96. The second kappa shape index (κ2) is 8.65. The van der Waals surface area contributed by atoms with Crippen LogP contribution in [-0.4, -0.2) is 33.3 Å². The maximum atomic E-state index is 12.5. The number of amidine groups is 1. The first-order valence-electron chi connectivity index (χ1n) is 9.39. The van der Waals surface area contributed by atoms with Gasteiger partial charge in [0.15, 0.2) is 5.17 Å². The van der Waals surface area contributed by atoms with Gasteiger partial charge in [-0.1, -0.05) is 48.5 Å². The molecule has 0 spiro atoms. The molecule has 1 saturated heterocycles. The molecule has 1 aliphatic heterocycles. The molecule has 1 heterocycles. The van der Waals surface area contributed by atoms with Crippen LogP contribution in [0.5, 0.6) is 0 Å². The first-order valence-corrected chi connectivity index (χ1v) is 11.7. The van der Waals surface area contributed by atoms with Crippen LogP contribution in [0.1, 0.15) is 11.7 Å². The smallest absolute Gasteiger partial charge is 0.284 e. The van der Waals surface area contributed by atoms with Crippen LogP contribution in [0.15, 0.2) is 76.0 Å². The quantitative estimate of drug-likeness (QED) is 0.363. The predicted octanol–water partition coefficient (Wildman–Crippen LogP) is 3.03. The van der Waals surface area contributed by atoms with Gasteiger partial charge in [0.25, 0.3) is 10.0 Å². The van der Waals surface area contributed by atoms with Crippen molar-refractivity contribution in [2.24, 2.45) is 15.3 Å². The molecule has 1 atom stereocenters. The minimum Gasteiger partial charge on any atom is -0.377 e. The van der Waals surface area contributed by atoms with Crippen molar-refractivity contribution < 1.29 is 13.2 Å². The van der Waals surface area contributed by atoms with E-state index in [2.05, 4.69) is 21.4 Å². The topological polar surface area (TPSA) is 111 Å². The number of hydrogen-bond donors (Lipinski definition) is 2. The average molecular weight is 443 g/mol. The molecule has 9 heteroatoms. The molecule has 156 valence electrons. The standard InChI is InChI=1S/C21H22N4O3S2/c22-21(29-23)24-30(26,27)17-9-10-18-16(13-17)7-4-8-19(18)25-11-12-28-20(14-25)15-5-2-1-3-6-15/h1-10,13,20H,11-12,14,23H2,(H2,22,24). The summed E-state index contributed by atoms with van der Waals surface area (Å²) in [5.41, 5.74) is 7.67. The third-order valence-corrected chi connectivity index (χ3v) is 6.77. The van der Waals surface area contributed by atoms with Crippen molar-refractivity contribution in [3.8, 4) is 0 Å². The summed E-state index contributed by atoms with van der Waals surface area (Å²) in [6.07, 6.45) is -0.0130. The number of anilines is 1. The van der Waals surface area contributed by atoms with Crippen molar-refractivity contribution in [3.63, 3.8) is 0 Å². The van der Waals surface area contributed by atoms with Crippen LogP contribution in [0.2, 0.25) is 0 Å².